The van der Waals surface area contributed by atoms with Gasteiger partial charge >= 0.3 is 0 Å². The van der Waals surface area contributed by atoms with Crippen LogP contribution in [0.1, 0.15) is 41.9 Å². The molecule has 1 aliphatic rings. The molecule has 0 aliphatic carbocycles. The highest BCUT2D eigenvalue weighted by atomic mass is 16.3. The Hall–Kier alpha value is -3.08. The molecule has 0 spiro atoms. The summed E-state index contributed by atoms with van der Waals surface area (Å²) >= 11 is 0. The molecule has 0 radical (unpaired) electrons. The number of nitrogens with zero attached hydrogens (tertiary/aromatic N) is 2. The quantitative estimate of drug-likeness (QED) is 0.659. The average Bonchev–Trinajstić information content (AvgIpc) is 3.32. The average molecular weight is 390 g/mol. The Labute approximate surface area is 170 Å². The van der Waals surface area contributed by atoms with Gasteiger partial charge in [0, 0.05) is 31.6 Å². The summed E-state index contributed by atoms with van der Waals surface area (Å²) in [6, 6.07) is 17.4. The van der Waals surface area contributed by atoms with Gasteiger partial charge in [0.15, 0.2) is 0 Å². The van der Waals surface area contributed by atoms with Crippen LogP contribution in [0.15, 0.2) is 65.3 Å². The number of hydrogen-bond acceptors (Lipinski definition) is 3. The van der Waals surface area contributed by atoms with E-state index in [-0.39, 0.29) is 23.8 Å². The molecule has 2 aromatic carbocycles. The van der Waals surface area contributed by atoms with Crippen LogP contribution in [0, 0.1) is 5.92 Å². The molecule has 0 N–H and O–H groups in total. The number of carbonyl (C=O) groups excluding carboxylic acids is 2. The van der Waals surface area contributed by atoms with Crippen molar-refractivity contribution in [3.05, 3.63) is 72.2 Å². The summed E-state index contributed by atoms with van der Waals surface area (Å²) in [5.41, 5.74) is 0.733. The minimum absolute atomic E-state index is 0.0463. The molecular formula is C24H26N2O3. The Bertz CT molecular complexity index is 999. The molecule has 3 aromatic rings. The summed E-state index contributed by atoms with van der Waals surface area (Å²) in [7, 11) is 1.82. The van der Waals surface area contributed by atoms with Gasteiger partial charge in [0.05, 0.1) is 12.3 Å². The standard InChI is InChI=1S/C24H26N2O3/c1-17(22-11-6-16-29-22)25(2)23(27)19-12-14-26(15-13-19)24(28)21-10-5-8-18-7-3-4-9-20(18)21/h3-11,16-17,19H,12-15H2,1-2H3. The van der Waals surface area contributed by atoms with Gasteiger partial charge in [-0.1, -0.05) is 36.4 Å². The third-order valence-electron chi connectivity index (χ3n) is 6.03. The van der Waals surface area contributed by atoms with Crippen LogP contribution in [-0.2, 0) is 4.79 Å². The highest BCUT2D eigenvalue weighted by Gasteiger charge is 2.32. The van der Waals surface area contributed by atoms with Gasteiger partial charge in [0.2, 0.25) is 5.91 Å². The third-order valence-corrected chi connectivity index (χ3v) is 6.03. The highest BCUT2D eigenvalue weighted by molar-refractivity contribution is 6.07. The summed E-state index contributed by atoms with van der Waals surface area (Å²) in [4.78, 5) is 29.7. The van der Waals surface area contributed by atoms with E-state index in [1.807, 2.05) is 73.5 Å². The van der Waals surface area contributed by atoms with Crippen LogP contribution in [0.4, 0.5) is 0 Å². The van der Waals surface area contributed by atoms with Crippen LogP contribution < -0.4 is 0 Å². The predicted molar refractivity (Wildman–Crippen MR) is 112 cm³/mol. The van der Waals surface area contributed by atoms with Gasteiger partial charge in [0.25, 0.3) is 5.91 Å². The number of rotatable bonds is 4. The maximum atomic E-state index is 13.1. The molecule has 1 fully saturated rings. The van der Waals surface area contributed by atoms with E-state index >= 15 is 0 Å². The molecule has 0 bridgehead atoms. The number of fused-ring (bicyclic) bond motifs is 1. The van der Waals surface area contributed by atoms with E-state index < -0.39 is 0 Å². The Morgan fingerprint density at radius 3 is 2.48 bits per heavy atom. The van der Waals surface area contributed by atoms with Gasteiger partial charge < -0.3 is 14.2 Å². The van der Waals surface area contributed by atoms with Crippen molar-refractivity contribution in [2.24, 2.45) is 5.92 Å². The van der Waals surface area contributed by atoms with E-state index in [0.29, 0.717) is 25.9 Å². The number of furan rings is 1. The molecule has 29 heavy (non-hydrogen) atoms. The molecule has 2 heterocycles. The Balaban J connectivity index is 1.41. The van der Waals surface area contributed by atoms with Crippen molar-refractivity contribution in [3.63, 3.8) is 0 Å². The summed E-state index contributed by atoms with van der Waals surface area (Å²) in [5, 5.41) is 2.04. The lowest BCUT2D eigenvalue weighted by Crippen LogP contribution is -2.44. The molecule has 1 aliphatic heterocycles. The molecule has 4 rings (SSSR count). The van der Waals surface area contributed by atoms with Gasteiger partial charge in [-0.3, -0.25) is 9.59 Å². The second-order valence-corrected chi connectivity index (χ2v) is 7.73. The van der Waals surface area contributed by atoms with Crippen molar-refractivity contribution in [3.8, 4) is 0 Å². The van der Waals surface area contributed by atoms with E-state index in [0.717, 1.165) is 22.1 Å². The van der Waals surface area contributed by atoms with Crippen molar-refractivity contribution in [2.75, 3.05) is 20.1 Å². The number of carbonyl (C=O) groups is 2. The van der Waals surface area contributed by atoms with E-state index in [1.165, 1.54) is 0 Å². The van der Waals surface area contributed by atoms with Crippen molar-refractivity contribution in [2.45, 2.75) is 25.8 Å². The number of likely N-dealkylation sites (tertiary alicyclic amines) is 1. The molecule has 1 aromatic heterocycles. The van der Waals surface area contributed by atoms with Crippen LogP contribution in [0.5, 0.6) is 0 Å². The fourth-order valence-electron chi connectivity index (χ4n) is 4.11. The van der Waals surface area contributed by atoms with E-state index in [9.17, 15) is 9.59 Å². The predicted octanol–water partition coefficient (Wildman–Crippen LogP) is 4.50. The second kappa shape index (κ2) is 8.11. The van der Waals surface area contributed by atoms with Gasteiger partial charge in [-0.25, -0.2) is 0 Å². The number of piperidine rings is 1. The Kier molecular flexibility index (Phi) is 5.38. The fourth-order valence-corrected chi connectivity index (χ4v) is 4.11. The van der Waals surface area contributed by atoms with E-state index in [4.69, 9.17) is 4.42 Å². The molecule has 5 nitrogen and oxygen atoms in total. The maximum absolute atomic E-state index is 13.1. The van der Waals surface area contributed by atoms with Crippen LogP contribution in [0.2, 0.25) is 0 Å². The van der Waals surface area contributed by atoms with Crippen LogP contribution in [0.3, 0.4) is 0 Å². The minimum atomic E-state index is -0.104. The fraction of sp³-hybridized carbons (Fsp3) is 0.333. The Morgan fingerprint density at radius 1 is 1.03 bits per heavy atom. The third kappa shape index (κ3) is 3.77. The zero-order valence-electron chi connectivity index (χ0n) is 16.9. The summed E-state index contributed by atoms with van der Waals surface area (Å²) in [5.74, 6) is 0.884. The normalized spacial score (nSPS) is 16.0. The second-order valence-electron chi connectivity index (χ2n) is 7.73. The van der Waals surface area contributed by atoms with Crippen molar-refractivity contribution < 1.29 is 14.0 Å². The molecule has 0 saturated carbocycles. The van der Waals surface area contributed by atoms with Crippen LogP contribution in [-0.4, -0.2) is 41.8 Å². The van der Waals surface area contributed by atoms with Crippen molar-refractivity contribution >= 4 is 22.6 Å². The van der Waals surface area contributed by atoms with Crippen LogP contribution >= 0.6 is 0 Å². The lowest BCUT2D eigenvalue weighted by molar-refractivity contribution is -0.137. The molecule has 1 saturated heterocycles. The van der Waals surface area contributed by atoms with Crippen LogP contribution in [0.25, 0.3) is 10.8 Å². The molecule has 5 heteroatoms. The first-order valence-corrected chi connectivity index (χ1v) is 10.1. The lowest BCUT2D eigenvalue weighted by atomic mass is 9.94. The molecular weight excluding hydrogens is 364 g/mol. The first kappa shape index (κ1) is 19.2. The topological polar surface area (TPSA) is 53.8 Å². The zero-order valence-corrected chi connectivity index (χ0v) is 16.9. The first-order chi connectivity index (χ1) is 14.1. The van der Waals surface area contributed by atoms with Crippen molar-refractivity contribution in [1.29, 1.82) is 0 Å². The molecule has 1 atom stereocenters. The lowest BCUT2D eigenvalue weighted by Gasteiger charge is -2.34. The zero-order chi connectivity index (χ0) is 20.4. The van der Waals surface area contributed by atoms with E-state index in [2.05, 4.69) is 0 Å². The maximum Gasteiger partial charge on any atom is 0.254 e. The number of amides is 2. The number of hydrogen-bond donors (Lipinski definition) is 0. The summed E-state index contributed by atoms with van der Waals surface area (Å²) < 4.78 is 5.44. The summed E-state index contributed by atoms with van der Waals surface area (Å²) in [6.07, 6.45) is 3.00. The SMILES string of the molecule is CC(c1ccco1)N(C)C(=O)C1CCN(C(=O)c2cccc3ccccc23)CC1. The van der Waals surface area contributed by atoms with Gasteiger partial charge in [-0.05, 0) is 48.7 Å². The van der Waals surface area contributed by atoms with Gasteiger partial charge in [-0.15, -0.1) is 0 Å². The van der Waals surface area contributed by atoms with Crippen molar-refractivity contribution in [1.82, 2.24) is 9.80 Å². The number of benzene rings is 2. The smallest absolute Gasteiger partial charge is 0.254 e. The van der Waals surface area contributed by atoms with Gasteiger partial charge in [-0.2, -0.15) is 0 Å². The largest absolute Gasteiger partial charge is 0.467 e. The first-order valence-electron chi connectivity index (χ1n) is 10.1. The highest BCUT2D eigenvalue weighted by Crippen LogP contribution is 2.27. The minimum Gasteiger partial charge on any atom is -0.467 e. The summed E-state index contributed by atoms with van der Waals surface area (Å²) in [6.45, 7) is 3.17. The molecule has 1 unspecified atom stereocenters. The van der Waals surface area contributed by atoms with E-state index in [1.54, 1.807) is 11.2 Å². The van der Waals surface area contributed by atoms with Gasteiger partial charge in [0.1, 0.15) is 5.76 Å². The molecule has 150 valence electrons. The monoisotopic (exact) mass is 390 g/mol. The molecule has 2 amide bonds. The Morgan fingerprint density at radius 2 is 1.76 bits per heavy atom.